The number of hydrogen-bond donors (Lipinski definition) is 2. The van der Waals surface area contributed by atoms with Crippen molar-refractivity contribution in [1.82, 2.24) is 14.5 Å². The van der Waals surface area contributed by atoms with Crippen molar-refractivity contribution in [2.45, 2.75) is 25.3 Å². The number of aromatic nitrogens is 2. The van der Waals surface area contributed by atoms with Crippen molar-refractivity contribution < 1.29 is 19.1 Å². The highest BCUT2D eigenvalue weighted by Gasteiger charge is 2.31. The summed E-state index contributed by atoms with van der Waals surface area (Å²) in [5.41, 5.74) is 7.52. The number of nitrogens with one attached hydrogen (secondary N) is 1. The van der Waals surface area contributed by atoms with Crippen LogP contribution in [0, 0.1) is 0 Å². The molecule has 0 spiro atoms. The van der Waals surface area contributed by atoms with Gasteiger partial charge in [-0.2, -0.15) is 0 Å². The van der Waals surface area contributed by atoms with Gasteiger partial charge in [0.15, 0.2) is 0 Å². The number of aryl methyl sites for hydroxylation is 1. The van der Waals surface area contributed by atoms with Gasteiger partial charge < -0.3 is 15.2 Å². The van der Waals surface area contributed by atoms with E-state index >= 15 is 0 Å². The van der Waals surface area contributed by atoms with Crippen molar-refractivity contribution in [3.63, 3.8) is 0 Å². The van der Waals surface area contributed by atoms with Gasteiger partial charge in [0.25, 0.3) is 0 Å². The van der Waals surface area contributed by atoms with Gasteiger partial charge in [0.2, 0.25) is 11.8 Å². The van der Waals surface area contributed by atoms with Crippen LogP contribution >= 0.6 is 0 Å². The van der Waals surface area contributed by atoms with Crippen molar-refractivity contribution in [2.24, 2.45) is 12.8 Å². The molecule has 1 fully saturated rings. The minimum absolute atomic E-state index is 0.221. The number of fused-ring (bicyclic) bond motifs is 1. The van der Waals surface area contributed by atoms with Crippen molar-refractivity contribution in [2.75, 3.05) is 33.0 Å². The Morgan fingerprint density at radius 2 is 1.89 bits per heavy atom. The number of amides is 2. The number of carbonyl (C=O) groups excluding carboxylic acids is 2. The van der Waals surface area contributed by atoms with Crippen LogP contribution in [0.5, 0.6) is 0 Å². The van der Waals surface area contributed by atoms with Crippen LogP contribution in [-0.4, -0.2) is 53.9 Å². The number of nitrogens with two attached hydrogens (primary N) is 1. The van der Waals surface area contributed by atoms with Crippen molar-refractivity contribution >= 4 is 22.8 Å². The minimum atomic E-state index is -0.680. The topological polar surface area (TPSA) is 118 Å². The highest BCUT2D eigenvalue weighted by atomic mass is 16.5. The summed E-state index contributed by atoms with van der Waals surface area (Å²) in [6.07, 6.45) is 1.17. The van der Waals surface area contributed by atoms with Crippen LogP contribution in [0.15, 0.2) is 23.0 Å². The van der Waals surface area contributed by atoms with Gasteiger partial charge in [-0.05, 0) is 24.5 Å². The first kappa shape index (κ1) is 20.2. The number of para-hydroxylation sites is 1. The second-order valence-corrected chi connectivity index (χ2v) is 6.73. The average Bonchev–Trinajstić information content (AvgIpc) is 2.93. The molecule has 0 radical (unpaired) electrons. The molecule has 1 aliphatic rings. The molecule has 0 saturated carbocycles. The normalized spacial score (nSPS) is 17.3. The first-order valence-corrected chi connectivity index (χ1v) is 9.42. The molecular weight excluding hydrogens is 364 g/mol. The van der Waals surface area contributed by atoms with E-state index < -0.39 is 11.9 Å². The molecule has 9 nitrogen and oxygen atoms in total. The fourth-order valence-corrected chi connectivity index (χ4v) is 3.54. The van der Waals surface area contributed by atoms with E-state index in [-0.39, 0.29) is 18.0 Å². The Balaban J connectivity index is 1.78. The van der Waals surface area contributed by atoms with Gasteiger partial charge in [-0.1, -0.05) is 12.1 Å². The Morgan fingerprint density at radius 3 is 2.61 bits per heavy atom. The second-order valence-electron chi connectivity index (χ2n) is 6.73. The molecule has 1 unspecified atom stereocenters. The molecule has 2 heterocycles. The SMILES string of the molecule is Cn1c(=O)n(C2CCC(=O)NC2=O)c2cccc(CCOCCOCCN)c21. The summed E-state index contributed by atoms with van der Waals surface area (Å²) in [5, 5.41) is 2.32. The van der Waals surface area contributed by atoms with Gasteiger partial charge in [-0.25, -0.2) is 4.79 Å². The number of imidazole rings is 1. The lowest BCUT2D eigenvalue weighted by atomic mass is 10.1. The van der Waals surface area contributed by atoms with Gasteiger partial charge in [0, 0.05) is 20.0 Å². The van der Waals surface area contributed by atoms with E-state index in [4.69, 9.17) is 15.2 Å². The summed E-state index contributed by atoms with van der Waals surface area (Å²) >= 11 is 0. The molecule has 9 heteroatoms. The Hall–Kier alpha value is -2.49. The number of piperidine rings is 1. The zero-order valence-corrected chi connectivity index (χ0v) is 16.0. The van der Waals surface area contributed by atoms with Crippen LogP contribution in [0.4, 0.5) is 0 Å². The molecule has 3 rings (SSSR count). The maximum absolute atomic E-state index is 12.8. The predicted molar refractivity (Wildman–Crippen MR) is 103 cm³/mol. The molecule has 2 amide bonds. The Labute approximate surface area is 162 Å². The van der Waals surface area contributed by atoms with E-state index in [1.54, 1.807) is 11.6 Å². The summed E-state index contributed by atoms with van der Waals surface area (Å²) in [4.78, 5) is 36.6. The average molecular weight is 390 g/mol. The fourth-order valence-electron chi connectivity index (χ4n) is 3.54. The molecule has 0 aliphatic carbocycles. The van der Waals surface area contributed by atoms with E-state index in [2.05, 4.69) is 5.32 Å². The number of nitrogens with zero attached hydrogens (tertiary/aromatic N) is 2. The summed E-state index contributed by atoms with van der Waals surface area (Å²) in [6, 6.07) is 4.96. The van der Waals surface area contributed by atoms with Crippen LogP contribution in [0.25, 0.3) is 11.0 Å². The minimum Gasteiger partial charge on any atom is -0.379 e. The summed E-state index contributed by atoms with van der Waals surface area (Å²) in [5.74, 6) is -0.736. The van der Waals surface area contributed by atoms with Gasteiger partial charge in [-0.15, -0.1) is 0 Å². The molecule has 1 aromatic heterocycles. The highest BCUT2D eigenvalue weighted by Crippen LogP contribution is 2.25. The first-order chi connectivity index (χ1) is 13.5. The van der Waals surface area contributed by atoms with E-state index in [0.717, 1.165) is 11.1 Å². The van der Waals surface area contributed by atoms with E-state index in [9.17, 15) is 14.4 Å². The first-order valence-electron chi connectivity index (χ1n) is 9.42. The zero-order chi connectivity index (χ0) is 20.1. The Kier molecular flexibility index (Phi) is 6.61. The quantitative estimate of drug-likeness (QED) is 0.454. The molecule has 1 atom stereocenters. The van der Waals surface area contributed by atoms with Crippen LogP contribution in [0.1, 0.15) is 24.4 Å². The summed E-state index contributed by atoms with van der Waals surface area (Å²) < 4.78 is 13.9. The Bertz CT molecular complexity index is 917. The number of carbonyl (C=O) groups is 2. The molecule has 1 aromatic carbocycles. The van der Waals surface area contributed by atoms with Crippen LogP contribution in [0.2, 0.25) is 0 Å². The van der Waals surface area contributed by atoms with Crippen LogP contribution in [0.3, 0.4) is 0 Å². The lowest BCUT2D eigenvalue weighted by Crippen LogP contribution is -2.44. The van der Waals surface area contributed by atoms with Crippen molar-refractivity contribution in [1.29, 1.82) is 0 Å². The monoisotopic (exact) mass is 390 g/mol. The van der Waals surface area contributed by atoms with E-state index in [0.29, 0.717) is 51.3 Å². The maximum Gasteiger partial charge on any atom is 0.329 e. The number of rotatable bonds is 9. The van der Waals surface area contributed by atoms with Gasteiger partial charge in [0.1, 0.15) is 6.04 Å². The number of imide groups is 1. The van der Waals surface area contributed by atoms with E-state index in [1.807, 2.05) is 18.2 Å². The smallest absolute Gasteiger partial charge is 0.329 e. The third-order valence-corrected chi connectivity index (χ3v) is 4.86. The standard InChI is InChI=1S/C19H26N4O5/c1-22-17-13(7-9-27-11-12-28-10-8-20)3-2-4-14(17)23(19(22)26)15-5-6-16(24)21-18(15)25/h2-4,15H,5-12,20H2,1H3,(H,21,24,25). The molecule has 1 saturated heterocycles. The zero-order valence-electron chi connectivity index (χ0n) is 16.0. The second kappa shape index (κ2) is 9.13. The molecule has 28 heavy (non-hydrogen) atoms. The number of hydrogen-bond acceptors (Lipinski definition) is 6. The maximum atomic E-state index is 12.8. The van der Waals surface area contributed by atoms with Gasteiger partial charge in [-0.3, -0.25) is 24.0 Å². The number of benzene rings is 1. The number of ether oxygens (including phenoxy) is 2. The highest BCUT2D eigenvalue weighted by molar-refractivity contribution is 6.00. The van der Waals surface area contributed by atoms with Gasteiger partial charge in [0.05, 0.1) is 37.5 Å². The van der Waals surface area contributed by atoms with Gasteiger partial charge >= 0.3 is 5.69 Å². The third-order valence-electron chi connectivity index (χ3n) is 4.86. The molecule has 0 bridgehead atoms. The van der Waals surface area contributed by atoms with Crippen LogP contribution in [-0.2, 0) is 32.5 Å². The molecule has 3 N–H and O–H groups in total. The van der Waals surface area contributed by atoms with E-state index in [1.165, 1.54) is 4.57 Å². The van der Waals surface area contributed by atoms with Crippen molar-refractivity contribution in [3.05, 3.63) is 34.2 Å². The molecular formula is C19H26N4O5. The lowest BCUT2D eigenvalue weighted by Gasteiger charge is -2.21. The molecule has 152 valence electrons. The van der Waals surface area contributed by atoms with Crippen LogP contribution < -0.4 is 16.7 Å². The summed E-state index contributed by atoms with van der Waals surface area (Å²) in [7, 11) is 1.69. The summed E-state index contributed by atoms with van der Waals surface area (Å²) in [6.45, 7) is 2.46. The third kappa shape index (κ3) is 4.16. The lowest BCUT2D eigenvalue weighted by molar-refractivity contribution is -0.135. The molecule has 2 aromatic rings. The predicted octanol–water partition coefficient (Wildman–Crippen LogP) is -0.148. The Morgan fingerprint density at radius 1 is 1.14 bits per heavy atom. The fraction of sp³-hybridized carbons (Fsp3) is 0.526. The molecule has 1 aliphatic heterocycles. The van der Waals surface area contributed by atoms with Crippen molar-refractivity contribution in [3.8, 4) is 0 Å². The largest absolute Gasteiger partial charge is 0.379 e.